The molecule has 0 atom stereocenters. The monoisotopic (exact) mass is 296 g/mol. The van der Waals surface area contributed by atoms with Crippen LogP contribution in [0.25, 0.3) is 10.9 Å². The molecule has 0 aliphatic rings. The molecular formula is C17H20N4O. The van der Waals surface area contributed by atoms with E-state index in [1.807, 2.05) is 49.3 Å². The smallest absolute Gasteiger partial charge is 0.223 e. The standard InChI is InChI=1S/C17H20N4O/c1-20-10-9-18-16(20)12-21(2)17(22)8-7-13-11-19-15-6-4-3-5-14(13)15/h3-6,9-11,19H,7-8,12H2,1-2H3. The Labute approximate surface area is 129 Å². The molecule has 3 rings (SSSR count). The van der Waals surface area contributed by atoms with Crippen molar-refractivity contribution in [2.45, 2.75) is 19.4 Å². The molecule has 0 aliphatic heterocycles. The number of aromatic amines is 1. The van der Waals surface area contributed by atoms with E-state index in [0.717, 1.165) is 17.8 Å². The van der Waals surface area contributed by atoms with Gasteiger partial charge in [0.1, 0.15) is 5.82 Å². The van der Waals surface area contributed by atoms with Gasteiger partial charge in [0.15, 0.2) is 0 Å². The minimum Gasteiger partial charge on any atom is -0.361 e. The fourth-order valence-electron chi connectivity index (χ4n) is 2.62. The molecule has 5 heteroatoms. The van der Waals surface area contributed by atoms with Crippen molar-refractivity contribution in [3.8, 4) is 0 Å². The Morgan fingerprint density at radius 1 is 1.36 bits per heavy atom. The highest BCUT2D eigenvalue weighted by atomic mass is 16.2. The van der Waals surface area contributed by atoms with Gasteiger partial charge in [-0.3, -0.25) is 4.79 Å². The zero-order chi connectivity index (χ0) is 15.5. The van der Waals surface area contributed by atoms with E-state index in [0.29, 0.717) is 13.0 Å². The van der Waals surface area contributed by atoms with Crippen LogP contribution in [0.4, 0.5) is 0 Å². The molecule has 1 amide bonds. The topological polar surface area (TPSA) is 53.9 Å². The van der Waals surface area contributed by atoms with E-state index in [9.17, 15) is 4.79 Å². The van der Waals surface area contributed by atoms with Crippen molar-refractivity contribution >= 4 is 16.8 Å². The van der Waals surface area contributed by atoms with Gasteiger partial charge in [0.2, 0.25) is 5.91 Å². The van der Waals surface area contributed by atoms with Crippen LogP contribution in [0.1, 0.15) is 17.8 Å². The highest BCUT2D eigenvalue weighted by Gasteiger charge is 2.12. The van der Waals surface area contributed by atoms with Crippen LogP contribution >= 0.6 is 0 Å². The summed E-state index contributed by atoms with van der Waals surface area (Å²) in [6, 6.07) is 8.17. The van der Waals surface area contributed by atoms with Gasteiger partial charge in [-0.2, -0.15) is 0 Å². The maximum Gasteiger partial charge on any atom is 0.223 e. The number of amides is 1. The van der Waals surface area contributed by atoms with Crippen molar-refractivity contribution in [3.63, 3.8) is 0 Å². The Bertz CT molecular complexity index is 787. The van der Waals surface area contributed by atoms with Crippen LogP contribution in [0.2, 0.25) is 0 Å². The lowest BCUT2D eigenvalue weighted by molar-refractivity contribution is -0.130. The normalized spacial score (nSPS) is 11.0. The van der Waals surface area contributed by atoms with Crippen molar-refractivity contribution in [1.82, 2.24) is 19.4 Å². The van der Waals surface area contributed by atoms with Crippen LogP contribution in [-0.2, 0) is 24.8 Å². The number of hydrogen-bond donors (Lipinski definition) is 1. The van der Waals surface area contributed by atoms with Crippen molar-refractivity contribution in [1.29, 1.82) is 0 Å². The van der Waals surface area contributed by atoms with Crippen LogP contribution in [0.3, 0.4) is 0 Å². The molecule has 1 N–H and O–H groups in total. The molecule has 0 bridgehead atoms. The van der Waals surface area contributed by atoms with E-state index in [4.69, 9.17) is 0 Å². The van der Waals surface area contributed by atoms with Gasteiger partial charge < -0.3 is 14.5 Å². The molecule has 0 radical (unpaired) electrons. The van der Waals surface area contributed by atoms with E-state index in [2.05, 4.69) is 16.0 Å². The molecule has 114 valence electrons. The summed E-state index contributed by atoms with van der Waals surface area (Å²) in [5.41, 5.74) is 2.31. The van der Waals surface area contributed by atoms with Gasteiger partial charge in [-0.15, -0.1) is 0 Å². The van der Waals surface area contributed by atoms with Gasteiger partial charge in [0.25, 0.3) is 0 Å². The van der Waals surface area contributed by atoms with E-state index >= 15 is 0 Å². The SMILES string of the molecule is CN(Cc1nccn1C)C(=O)CCc1c[nH]c2ccccc12. The second-order valence-corrected chi connectivity index (χ2v) is 5.56. The van der Waals surface area contributed by atoms with Gasteiger partial charge in [-0.25, -0.2) is 4.98 Å². The summed E-state index contributed by atoms with van der Waals surface area (Å²) >= 11 is 0. The average molecular weight is 296 g/mol. The predicted molar refractivity (Wildman–Crippen MR) is 86.3 cm³/mol. The van der Waals surface area contributed by atoms with Crippen molar-refractivity contribution in [2.75, 3.05) is 7.05 Å². The van der Waals surface area contributed by atoms with Crippen LogP contribution < -0.4 is 0 Å². The number of hydrogen-bond acceptors (Lipinski definition) is 2. The number of aromatic nitrogens is 3. The number of carbonyl (C=O) groups excluding carboxylic acids is 1. The first kappa shape index (κ1) is 14.4. The number of benzene rings is 1. The molecule has 2 heterocycles. The maximum absolute atomic E-state index is 12.3. The fourth-order valence-corrected chi connectivity index (χ4v) is 2.62. The summed E-state index contributed by atoms with van der Waals surface area (Å²) in [7, 11) is 3.76. The highest BCUT2D eigenvalue weighted by molar-refractivity contribution is 5.84. The first-order chi connectivity index (χ1) is 10.6. The lowest BCUT2D eigenvalue weighted by atomic mass is 10.1. The van der Waals surface area contributed by atoms with Crippen LogP contribution in [-0.4, -0.2) is 32.4 Å². The molecule has 0 aliphatic carbocycles. The Kier molecular flexibility index (Phi) is 3.96. The molecule has 0 unspecified atom stereocenters. The summed E-state index contributed by atoms with van der Waals surface area (Å²) < 4.78 is 1.93. The second kappa shape index (κ2) is 6.05. The summed E-state index contributed by atoms with van der Waals surface area (Å²) in [5, 5.41) is 1.20. The summed E-state index contributed by atoms with van der Waals surface area (Å²) in [6.45, 7) is 0.538. The molecule has 1 aromatic carbocycles. The van der Waals surface area contributed by atoms with Crippen LogP contribution in [0, 0.1) is 0 Å². The predicted octanol–water partition coefficient (Wildman–Crippen LogP) is 2.49. The van der Waals surface area contributed by atoms with E-state index in [1.165, 1.54) is 10.9 Å². The van der Waals surface area contributed by atoms with E-state index in [-0.39, 0.29) is 5.91 Å². The van der Waals surface area contributed by atoms with Gasteiger partial charge in [-0.1, -0.05) is 18.2 Å². The lowest BCUT2D eigenvalue weighted by Gasteiger charge is -2.16. The minimum absolute atomic E-state index is 0.133. The largest absolute Gasteiger partial charge is 0.361 e. The number of nitrogens with one attached hydrogen (secondary N) is 1. The van der Waals surface area contributed by atoms with E-state index < -0.39 is 0 Å². The summed E-state index contributed by atoms with van der Waals surface area (Å²) in [5.74, 6) is 1.02. The number of imidazole rings is 1. The average Bonchev–Trinajstić information content (AvgIpc) is 3.11. The molecule has 22 heavy (non-hydrogen) atoms. The molecule has 0 spiro atoms. The Hall–Kier alpha value is -2.56. The number of nitrogens with zero attached hydrogens (tertiary/aromatic N) is 3. The Morgan fingerprint density at radius 3 is 2.95 bits per heavy atom. The van der Waals surface area contributed by atoms with Crippen LogP contribution in [0.15, 0.2) is 42.9 Å². The van der Waals surface area contributed by atoms with E-state index in [1.54, 1.807) is 11.1 Å². The third kappa shape index (κ3) is 2.88. The zero-order valence-corrected chi connectivity index (χ0v) is 12.9. The highest BCUT2D eigenvalue weighted by Crippen LogP contribution is 2.19. The summed E-state index contributed by atoms with van der Waals surface area (Å²) in [6.07, 6.45) is 6.88. The Morgan fingerprint density at radius 2 is 2.18 bits per heavy atom. The van der Waals surface area contributed by atoms with Gasteiger partial charge >= 0.3 is 0 Å². The Balaban J connectivity index is 1.61. The van der Waals surface area contributed by atoms with Crippen LogP contribution in [0.5, 0.6) is 0 Å². The summed E-state index contributed by atoms with van der Waals surface area (Å²) in [4.78, 5) is 21.5. The lowest BCUT2D eigenvalue weighted by Crippen LogP contribution is -2.27. The molecule has 3 aromatic rings. The van der Waals surface area contributed by atoms with Gasteiger partial charge in [0.05, 0.1) is 6.54 Å². The number of rotatable bonds is 5. The molecule has 0 saturated heterocycles. The number of para-hydroxylation sites is 1. The molecule has 2 aromatic heterocycles. The second-order valence-electron chi connectivity index (χ2n) is 5.56. The number of aryl methyl sites for hydroxylation is 2. The van der Waals surface area contributed by atoms with Crippen molar-refractivity contribution in [3.05, 3.63) is 54.2 Å². The first-order valence-corrected chi connectivity index (χ1v) is 7.40. The number of H-pyrrole nitrogens is 1. The van der Waals surface area contributed by atoms with Gasteiger partial charge in [0, 0.05) is 50.0 Å². The third-order valence-electron chi connectivity index (χ3n) is 4.01. The minimum atomic E-state index is 0.133. The molecule has 0 fully saturated rings. The fraction of sp³-hybridized carbons (Fsp3) is 0.294. The first-order valence-electron chi connectivity index (χ1n) is 7.40. The number of fused-ring (bicyclic) bond motifs is 1. The zero-order valence-electron chi connectivity index (χ0n) is 12.9. The maximum atomic E-state index is 12.3. The molecule has 5 nitrogen and oxygen atoms in total. The number of carbonyl (C=O) groups is 1. The van der Waals surface area contributed by atoms with Crippen molar-refractivity contribution < 1.29 is 4.79 Å². The molecule has 0 saturated carbocycles. The third-order valence-corrected chi connectivity index (χ3v) is 4.01. The molecular weight excluding hydrogens is 276 g/mol. The quantitative estimate of drug-likeness (QED) is 0.786. The van der Waals surface area contributed by atoms with Gasteiger partial charge in [-0.05, 0) is 18.1 Å². The van der Waals surface area contributed by atoms with Crippen molar-refractivity contribution in [2.24, 2.45) is 7.05 Å².